The van der Waals surface area contributed by atoms with Gasteiger partial charge in [0, 0.05) is 10.9 Å². The van der Waals surface area contributed by atoms with E-state index in [4.69, 9.17) is 7.16 Å². The lowest BCUT2D eigenvalue weighted by atomic mass is 9.83. The number of rotatable bonds is 5. The molecule has 55 heavy (non-hydrogen) atoms. The number of fused-ring (bicyclic) bond motifs is 5. The lowest BCUT2D eigenvalue weighted by Crippen LogP contribution is -1.92. The summed E-state index contributed by atoms with van der Waals surface area (Å²) in [4.78, 5) is 0. The smallest absolute Gasteiger partial charge is 0.136 e. The Balaban J connectivity index is 1.17. The Morgan fingerprint density at radius 1 is 0.327 bits per heavy atom. The van der Waals surface area contributed by atoms with Gasteiger partial charge in [-0.15, -0.1) is 0 Å². The zero-order chi connectivity index (χ0) is 39.8. The van der Waals surface area contributed by atoms with Crippen LogP contribution in [-0.2, 0) is 0 Å². The molecular weight excluding hydrogens is 665 g/mol. The molecule has 1 nitrogen and oxygen atoms in total. The molecule has 0 N–H and O–H groups in total. The van der Waals surface area contributed by atoms with Crippen LogP contribution >= 0.6 is 0 Å². The van der Waals surface area contributed by atoms with Crippen molar-refractivity contribution < 1.29 is 9.90 Å². The van der Waals surface area contributed by atoms with E-state index < -0.39 is 0 Å². The maximum atomic E-state index is 9.52. The Bertz CT molecular complexity index is 3490. The maximum absolute atomic E-state index is 9.52. The van der Waals surface area contributed by atoms with Gasteiger partial charge >= 0.3 is 0 Å². The van der Waals surface area contributed by atoms with Gasteiger partial charge in [0.2, 0.25) is 0 Å². The van der Waals surface area contributed by atoms with Crippen molar-refractivity contribution in [2.45, 2.75) is 0 Å². The topological polar surface area (TPSA) is 13.1 Å². The van der Waals surface area contributed by atoms with Crippen LogP contribution in [0.2, 0.25) is 0 Å². The van der Waals surface area contributed by atoms with Crippen LogP contribution < -0.4 is 0 Å². The SMILES string of the molecule is [2H]c1c([2H])c([2H])c2c(-c3ccc(-c4ccccc4)c4ccccc34)c3ccccc3c(-c3cccc(-c4cccc5oc(-c6cccc7ccccc67)cc45)c3)c2c1[2H]. The van der Waals surface area contributed by atoms with Crippen molar-refractivity contribution in [3.05, 3.63) is 206 Å². The lowest BCUT2D eigenvalue weighted by Gasteiger charge is -2.20. The van der Waals surface area contributed by atoms with Crippen molar-refractivity contribution in [2.24, 2.45) is 0 Å². The van der Waals surface area contributed by atoms with Gasteiger partial charge in [0.05, 0.1) is 5.48 Å². The predicted octanol–water partition coefficient (Wildman–Crippen LogP) is 15.4. The fraction of sp³-hybridized carbons (Fsp3) is 0. The molecule has 0 amide bonds. The van der Waals surface area contributed by atoms with Crippen LogP contribution in [0, 0.1) is 0 Å². The molecule has 0 atom stereocenters. The molecule has 0 radical (unpaired) electrons. The zero-order valence-corrected chi connectivity index (χ0v) is 29.7. The molecule has 256 valence electrons. The highest BCUT2D eigenvalue weighted by molar-refractivity contribution is 6.24. The Labute approximate surface area is 325 Å². The minimum atomic E-state index is -0.255. The monoisotopic (exact) mass is 702 g/mol. The highest BCUT2D eigenvalue weighted by Crippen LogP contribution is 2.47. The van der Waals surface area contributed by atoms with E-state index in [2.05, 4.69) is 109 Å². The molecule has 0 aliphatic carbocycles. The van der Waals surface area contributed by atoms with Gasteiger partial charge in [-0.05, 0) is 106 Å². The molecule has 0 saturated carbocycles. The third-order valence-corrected chi connectivity index (χ3v) is 11.0. The first kappa shape index (κ1) is 27.4. The number of benzene rings is 10. The second kappa shape index (κ2) is 12.7. The molecule has 0 bridgehead atoms. The van der Waals surface area contributed by atoms with E-state index in [9.17, 15) is 2.74 Å². The van der Waals surface area contributed by atoms with Crippen LogP contribution in [0.1, 0.15) is 5.48 Å². The Hall–Kier alpha value is -7.22. The van der Waals surface area contributed by atoms with E-state index in [1.807, 2.05) is 72.8 Å². The highest BCUT2D eigenvalue weighted by Gasteiger charge is 2.20. The van der Waals surface area contributed by atoms with Gasteiger partial charge in [0.15, 0.2) is 0 Å². The van der Waals surface area contributed by atoms with E-state index in [1.165, 1.54) is 0 Å². The zero-order valence-electron chi connectivity index (χ0n) is 33.7. The van der Waals surface area contributed by atoms with E-state index in [0.717, 1.165) is 99.1 Å². The Kier molecular flexibility index (Phi) is 6.34. The largest absolute Gasteiger partial charge is 0.456 e. The number of hydrogen-bond acceptors (Lipinski definition) is 1. The maximum Gasteiger partial charge on any atom is 0.136 e. The van der Waals surface area contributed by atoms with Gasteiger partial charge in [0.1, 0.15) is 11.3 Å². The van der Waals surface area contributed by atoms with Crippen LogP contribution in [-0.4, -0.2) is 0 Å². The van der Waals surface area contributed by atoms with Gasteiger partial charge in [0.25, 0.3) is 0 Å². The summed E-state index contributed by atoms with van der Waals surface area (Å²) in [6, 6.07) is 61.7. The normalized spacial score (nSPS) is 12.7. The standard InChI is InChI=1S/C54H34O/c1-2-15-35(16-3-1)41-31-32-49(43-23-7-6-22-42(41)43)54-47-26-10-8-24-45(47)53(46-25-9-11-27-48(46)54)38-20-12-19-37(33-38)40-28-14-30-51-50(40)34-52(55-51)44-29-13-18-36-17-4-5-21-39(36)44/h1-34H/i8D,10D,24D,26D. The van der Waals surface area contributed by atoms with Crippen molar-refractivity contribution >= 4 is 54.1 Å². The van der Waals surface area contributed by atoms with Gasteiger partial charge in [-0.25, -0.2) is 0 Å². The number of furan rings is 1. The highest BCUT2D eigenvalue weighted by atomic mass is 16.3. The fourth-order valence-corrected chi connectivity index (χ4v) is 8.57. The molecule has 1 heterocycles. The molecule has 1 aromatic heterocycles. The second-order valence-electron chi connectivity index (χ2n) is 14.1. The third kappa shape index (κ3) is 5.09. The first-order chi connectivity index (χ1) is 29.0. The van der Waals surface area contributed by atoms with Gasteiger partial charge in [-0.1, -0.05) is 188 Å². The van der Waals surface area contributed by atoms with Crippen LogP contribution in [0.25, 0.3) is 110 Å². The molecular formula is C54H34O. The molecule has 0 aliphatic heterocycles. The minimum absolute atomic E-state index is 0.0560. The number of hydrogen-bond donors (Lipinski definition) is 0. The summed E-state index contributed by atoms with van der Waals surface area (Å²) in [6.45, 7) is 0. The second-order valence-corrected chi connectivity index (χ2v) is 14.1. The molecule has 0 spiro atoms. The lowest BCUT2D eigenvalue weighted by molar-refractivity contribution is 0.632. The first-order valence-corrected chi connectivity index (χ1v) is 18.6. The van der Waals surface area contributed by atoms with Crippen LogP contribution in [0.15, 0.2) is 211 Å². The Morgan fingerprint density at radius 2 is 0.873 bits per heavy atom. The predicted molar refractivity (Wildman–Crippen MR) is 233 cm³/mol. The summed E-state index contributed by atoms with van der Waals surface area (Å²) in [5, 5.41) is 8.19. The van der Waals surface area contributed by atoms with E-state index >= 15 is 0 Å². The molecule has 10 aromatic carbocycles. The average Bonchev–Trinajstić information content (AvgIpc) is 3.74. The molecule has 11 rings (SSSR count). The van der Waals surface area contributed by atoms with Crippen molar-refractivity contribution in [1.82, 2.24) is 0 Å². The molecule has 0 fully saturated rings. The summed E-state index contributed by atoms with van der Waals surface area (Å²) < 4.78 is 43.5. The quantitative estimate of drug-likeness (QED) is 0.163. The van der Waals surface area contributed by atoms with Crippen molar-refractivity contribution in [3.63, 3.8) is 0 Å². The van der Waals surface area contributed by atoms with Crippen LogP contribution in [0.4, 0.5) is 0 Å². The van der Waals surface area contributed by atoms with Gasteiger partial charge < -0.3 is 4.42 Å². The summed E-state index contributed by atoms with van der Waals surface area (Å²) in [5.41, 5.74) is 9.37. The van der Waals surface area contributed by atoms with Crippen LogP contribution in [0.3, 0.4) is 0 Å². The third-order valence-electron chi connectivity index (χ3n) is 11.0. The van der Waals surface area contributed by atoms with Crippen molar-refractivity contribution in [3.8, 4) is 55.8 Å². The molecule has 0 unspecified atom stereocenters. The summed E-state index contributed by atoms with van der Waals surface area (Å²) >= 11 is 0. The molecule has 11 aromatic rings. The van der Waals surface area contributed by atoms with E-state index in [-0.39, 0.29) is 24.2 Å². The van der Waals surface area contributed by atoms with E-state index in [0.29, 0.717) is 10.8 Å². The Morgan fingerprint density at radius 3 is 1.69 bits per heavy atom. The minimum Gasteiger partial charge on any atom is -0.456 e. The summed E-state index contributed by atoms with van der Waals surface area (Å²) in [7, 11) is 0. The van der Waals surface area contributed by atoms with Crippen molar-refractivity contribution in [1.29, 1.82) is 0 Å². The van der Waals surface area contributed by atoms with E-state index in [1.54, 1.807) is 0 Å². The van der Waals surface area contributed by atoms with Crippen molar-refractivity contribution in [2.75, 3.05) is 0 Å². The molecule has 1 heteroatoms. The average molecular weight is 703 g/mol. The molecule has 0 aliphatic rings. The van der Waals surface area contributed by atoms with Gasteiger partial charge in [-0.2, -0.15) is 0 Å². The first-order valence-electron chi connectivity index (χ1n) is 20.6. The molecule has 0 saturated heterocycles. The fourth-order valence-electron chi connectivity index (χ4n) is 8.57. The van der Waals surface area contributed by atoms with Gasteiger partial charge in [-0.3, -0.25) is 0 Å². The van der Waals surface area contributed by atoms with Crippen LogP contribution in [0.5, 0.6) is 0 Å². The summed E-state index contributed by atoms with van der Waals surface area (Å²) in [5.74, 6) is 0.799. The summed E-state index contributed by atoms with van der Waals surface area (Å²) in [6.07, 6.45) is 0.